The first-order valence-electron chi connectivity index (χ1n) is 7.89. The van der Waals surface area contributed by atoms with Gasteiger partial charge in [0.2, 0.25) is 0 Å². The van der Waals surface area contributed by atoms with Gasteiger partial charge in [0.05, 0.1) is 16.3 Å². The first-order chi connectivity index (χ1) is 11.5. The second kappa shape index (κ2) is 7.34. The smallest absolute Gasteiger partial charge is 0.282 e. The summed E-state index contributed by atoms with van der Waals surface area (Å²) < 4.78 is 0.783. The van der Waals surface area contributed by atoms with Gasteiger partial charge in [-0.25, -0.2) is 0 Å². The molecule has 1 amide bonds. The first-order valence-corrected chi connectivity index (χ1v) is 9.08. The number of amides is 1. The normalized spacial score (nSPS) is 13.6. The number of hydrogen-bond donors (Lipinski definition) is 2. The van der Waals surface area contributed by atoms with Crippen LogP contribution < -0.4 is 10.2 Å². The lowest BCUT2D eigenvalue weighted by Crippen LogP contribution is -3.12. The summed E-state index contributed by atoms with van der Waals surface area (Å²) in [5.74, 6) is 0.0189. The number of carbonyl (C=O) groups excluding carboxylic acids is 1. The Balaban J connectivity index is 1.66. The highest BCUT2D eigenvalue weighted by atomic mass is 35.5. The fourth-order valence-corrected chi connectivity index (χ4v) is 3.80. The van der Waals surface area contributed by atoms with E-state index < -0.39 is 0 Å². The molecule has 2 atom stereocenters. The lowest BCUT2D eigenvalue weighted by Gasteiger charge is -2.20. The molecule has 24 heavy (non-hydrogen) atoms. The summed E-state index contributed by atoms with van der Waals surface area (Å²) in [4.78, 5) is 14.8. The van der Waals surface area contributed by atoms with Crippen molar-refractivity contribution in [2.45, 2.75) is 19.5 Å². The van der Waals surface area contributed by atoms with Crippen LogP contribution in [0.2, 0.25) is 4.34 Å². The quantitative estimate of drug-likeness (QED) is 0.717. The number of benzene rings is 2. The molecule has 0 aliphatic rings. The Morgan fingerprint density at radius 3 is 2.62 bits per heavy atom. The predicted octanol–water partition coefficient (Wildman–Crippen LogP) is 3.60. The van der Waals surface area contributed by atoms with Crippen LogP contribution in [0.25, 0.3) is 10.8 Å². The van der Waals surface area contributed by atoms with Crippen molar-refractivity contribution in [2.24, 2.45) is 0 Å². The third kappa shape index (κ3) is 3.96. The largest absolute Gasteiger partial charge is 0.323 e. The van der Waals surface area contributed by atoms with E-state index in [2.05, 4.69) is 11.4 Å². The molecule has 0 saturated carbocycles. The van der Waals surface area contributed by atoms with Crippen molar-refractivity contribution in [1.82, 2.24) is 0 Å². The van der Waals surface area contributed by atoms with E-state index >= 15 is 0 Å². The molecule has 124 valence electrons. The molecule has 2 N–H and O–H groups in total. The van der Waals surface area contributed by atoms with Crippen molar-refractivity contribution in [3.8, 4) is 0 Å². The number of rotatable bonds is 5. The molecule has 0 bridgehead atoms. The van der Waals surface area contributed by atoms with Gasteiger partial charge >= 0.3 is 0 Å². The van der Waals surface area contributed by atoms with E-state index in [-0.39, 0.29) is 11.9 Å². The topological polar surface area (TPSA) is 33.5 Å². The van der Waals surface area contributed by atoms with Crippen LogP contribution in [0, 0.1) is 0 Å². The number of carbonyl (C=O) groups is 1. The van der Waals surface area contributed by atoms with Gasteiger partial charge in [0.25, 0.3) is 5.91 Å². The van der Waals surface area contributed by atoms with E-state index in [1.165, 1.54) is 10.3 Å². The fourth-order valence-electron chi connectivity index (χ4n) is 2.62. The van der Waals surface area contributed by atoms with Crippen LogP contribution in [-0.2, 0) is 11.3 Å². The molecule has 0 aliphatic carbocycles. The van der Waals surface area contributed by atoms with Gasteiger partial charge in [-0.3, -0.25) is 4.79 Å². The number of anilines is 1. The molecule has 3 rings (SSSR count). The summed E-state index contributed by atoms with van der Waals surface area (Å²) in [6, 6.07) is 17.9. The second-order valence-electron chi connectivity index (χ2n) is 6.00. The second-order valence-corrected chi connectivity index (χ2v) is 7.80. The standard InChI is InChI=1S/C19H19ClN2OS/c1-13(22(2)12-17-9-10-18(20)24-17)19(23)21-16-8-7-14-5-3-4-6-15(14)11-16/h3-11,13H,12H2,1-2H3,(H,21,23)/p+1/t13-/m1/s1. The van der Waals surface area contributed by atoms with Crippen molar-refractivity contribution in [2.75, 3.05) is 12.4 Å². The summed E-state index contributed by atoms with van der Waals surface area (Å²) in [5.41, 5.74) is 0.831. The minimum Gasteiger partial charge on any atom is -0.323 e. The van der Waals surface area contributed by atoms with Crippen LogP contribution in [0.5, 0.6) is 0 Å². The van der Waals surface area contributed by atoms with E-state index in [1.54, 1.807) is 11.3 Å². The van der Waals surface area contributed by atoms with Gasteiger partial charge in [0.1, 0.15) is 6.54 Å². The highest BCUT2D eigenvalue weighted by Crippen LogP contribution is 2.21. The molecule has 1 heterocycles. The molecule has 1 aromatic heterocycles. The summed E-state index contributed by atoms with van der Waals surface area (Å²) >= 11 is 7.53. The van der Waals surface area contributed by atoms with Crippen molar-refractivity contribution in [3.05, 3.63) is 63.8 Å². The van der Waals surface area contributed by atoms with E-state index in [1.807, 2.05) is 62.5 Å². The van der Waals surface area contributed by atoms with Crippen molar-refractivity contribution >= 4 is 45.3 Å². The van der Waals surface area contributed by atoms with Gasteiger partial charge in [-0.15, -0.1) is 11.3 Å². The number of fused-ring (bicyclic) bond motifs is 1. The molecule has 3 aromatic rings. The van der Waals surface area contributed by atoms with Gasteiger partial charge in [0, 0.05) is 5.69 Å². The average Bonchev–Trinajstić information content (AvgIpc) is 2.98. The lowest BCUT2D eigenvalue weighted by molar-refractivity contribution is -0.907. The van der Waals surface area contributed by atoms with Crippen molar-refractivity contribution < 1.29 is 9.69 Å². The van der Waals surface area contributed by atoms with E-state index in [0.29, 0.717) is 0 Å². The summed E-state index contributed by atoms with van der Waals surface area (Å²) in [7, 11) is 2.03. The summed E-state index contributed by atoms with van der Waals surface area (Å²) in [6.07, 6.45) is 0. The molecule has 1 unspecified atom stereocenters. The first kappa shape index (κ1) is 17.0. The van der Waals surface area contributed by atoms with E-state index in [0.717, 1.165) is 26.9 Å². The molecular weight excluding hydrogens is 340 g/mol. The van der Waals surface area contributed by atoms with Crippen LogP contribution in [0.1, 0.15) is 11.8 Å². The minimum absolute atomic E-state index is 0.0189. The van der Waals surface area contributed by atoms with E-state index in [9.17, 15) is 4.79 Å². The molecule has 0 spiro atoms. The number of likely N-dealkylation sites (N-methyl/N-ethyl adjacent to an activating group) is 1. The van der Waals surface area contributed by atoms with Crippen molar-refractivity contribution in [3.63, 3.8) is 0 Å². The number of thiophene rings is 1. The minimum atomic E-state index is -0.155. The Hall–Kier alpha value is -1.88. The summed E-state index contributed by atoms with van der Waals surface area (Å²) in [5, 5.41) is 5.31. The monoisotopic (exact) mass is 359 g/mol. The number of halogens is 1. The lowest BCUT2D eigenvalue weighted by atomic mass is 10.1. The van der Waals surface area contributed by atoms with Crippen LogP contribution in [-0.4, -0.2) is 19.0 Å². The van der Waals surface area contributed by atoms with Gasteiger partial charge in [0.15, 0.2) is 6.04 Å². The zero-order valence-electron chi connectivity index (χ0n) is 13.7. The number of hydrogen-bond acceptors (Lipinski definition) is 2. The van der Waals surface area contributed by atoms with Gasteiger partial charge in [-0.2, -0.15) is 0 Å². The Morgan fingerprint density at radius 2 is 1.92 bits per heavy atom. The number of quaternary nitrogens is 1. The maximum atomic E-state index is 12.5. The van der Waals surface area contributed by atoms with Crippen LogP contribution >= 0.6 is 22.9 Å². The maximum Gasteiger partial charge on any atom is 0.282 e. The molecule has 0 aliphatic heterocycles. The zero-order valence-corrected chi connectivity index (χ0v) is 15.2. The van der Waals surface area contributed by atoms with E-state index in [4.69, 9.17) is 11.6 Å². The van der Waals surface area contributed by atoms with Crippen molar-refractivity contribution in [1.29, 1.82) is 0 Å². The van der Waals surface area contributed by atoms with Gasteiger partial charge < -0.3 is 10.2 Å². The molecule has 5 heteroatoms. The van der Waals surface area contributed by atoms with Crippen LogP contribution in [0.4, 0.5) is 5.69 Å². The molecule has 3 nitrogen and oxygen atoms in total. The zero-order chi connectivity index (χ0) is 17.1. The summed E-state index contributed by atoms with van der Waals surface area (Å²) in [6.45, 7) is 2.73. The number of nitrogens with one attached hydrogen (secondary N) is 2. The third-order valence-electron chi connectivity index (χ3n) is 4.23. The molecule has 0 fully saturated rings. The predicted molar refractivity (Wildman–Crippen MR) is 102 cm³/mol. The average molecular weight is 360 g/mol. The SMILES string of the molecule is C[C@H](C(=O)Nc1ccc2ccccc2c1)[NH+](C)Cc1ccc(Cl)s1. The molecular formula is C19H20ClN2OS+. The third-order valence-corrected chi connectivity index (χ3v) is 5.46. The Bertz CT molecular complexity index is 861. The highest BCUT2D eigenvalue weighted by molar-refractivity contribution is 7.16. The Labute approximate surface area is 150 Å². The Kier molecular flexibility index (Phi) is 5.19. The van der Waals surface area contributed by atoms with Crippen LogP contribution in [0.3, 0.4) is 0 Å². The highest BCUT2D eigenvalue weighted by Gasteiger charge is 2.22. The molecule has 2 aromatic carbocycles. The maximum absolute atomic E-state index is 12.5. The van der Waals surface area contributed by atoms with Gasteiger partial charge in [-0.05, 0) is 42.0 Å². The molecule has 0 saturated heterocycles. The Morgan fingerprint density at radius 1 is 1.17 bits per heavy atom. The fraction of sp³-hybridized carbons (Fsp3) is 0.211. The van der Waals surface area contributed by atoms with Gasteiger partial charge in [-0.1, -0.05) is 41.9 Å². The molecule has 0 radical (unpaired) electrons. The van der Waals surface area contributed by atoms with Crippen LogP contribution in [0.15, 0.2) is 54.6 Å².